The number of carbonyl (C=O) groups is 1. The van der Waals surface area contributed by atoms with Crippen molar-refractivity contribution in [2.24, 2.45) is 0 Å². The molecule has 128 valence electrons. The summed E-state index contributed by atoms with van der Waals surface area (Å²) in [7, 11) is 0. The number of nitrogens with zero attached hydrogens (tertiary/aromatic N) is 2. The van der Waals surface area contributed by atoms with Gasteiger partial charge in [0.25, 0.3) is 0 Å². The molecule has 0 radical (unpaired) electrons. The maximum absolute atomic E-state index is 13.9. The van der Waals surface area contributed by atoms with Crippen LogP contribution in [-0.2, 0) is 0 Å². The maximum atomic E-state index is 13.9. The van der Waals surface area contributed by atoms with Crippen LogP contribution in [0.4, 0.5) is 10.2 Å². The van der Waals surface area contributed by atoms with Gasteiger partial charge in [-0.1, -0.05) is 42.5 Å². The molecule has 4 rings (SSSR count). The number of aromatic nitrogens is 2. The SMILES string of the molecule is Cc1c(F)cccc1-c1ccc2nc(N)c(C(=O)c3ccccc3)n2c1. The van der Waals surface area contributed by atoms with Crippen LogP contribution < -0.4 is 5.73 Å². The van der Waals surface area contributed by atoms with E-state index in [1.165, 1.54) is 6.07 Å². The number of carbonyl (C=O) groups excluding carboxylic acids is 1. The third kappa shape index (κ3) is 2.54. The van der Waals surface area contributed by atoms with E-state index in [1.807, 2.05) is 18.2 Å². The molecule has 0 aliphatic heterocycles. The Morgan fingerprint density at radius 3 is 2.58 bits per heavy atom. The van der Waals surface area contributed by atoms with Gasteiger partial charge in [0.05, 0.1) is 0 Å². The zero-order valence-corrected chi connectivity index (χ0v) is 14.1. The molecule has 0 aliphatic rings. The number of nitrogen functional groups attached to an aromatic ring is 1. The van der Waals surface area contributed by atoms with Crippen molar-refractivity contribution in [3.8, 4) is 11.1 Å². The molecule has 0 saturated carbocycles. The second-order valence-electron chi connectivity index (χ2n) is 6.10. The number of nitrogens with two attached hydrogens (primary N) is 1. The summed E-state index contributed by atoms with van der Waals surface area (Å²) in [5.41, 5.74) is 9.53. The molecule has 0 spiro atoms. The van der Waals surface area contributed by atoms with Crippen molar-refractivity contribution in [1.29, 1.82) is 0 Å². The molecule has 0 unspecified atom stereocenters. The van der Waals surface area contributed by atoms with Crippen LogP contribution in [0.15, 0.2) is 66.9 Å². The molecule has 0 amide bonds. The predicted octanol–water partition coefficient (Wildman–Crippen LogP) is 4.26. The Morgan fingerprint density at radius 2 is 1.81 bits per heavy atom. The number of anilines is 1. The Kier molecular flexibility index (Phi) is 3.77. The number of halogens is 1. The van der Waals surface area contributed by atoms with E-state index in [-0.39, 0.29) is 17.4 Å². The van der Waals surface area contributed by atoms with E-state index >= 15 is 0 Å². The van der Waals surface area contributed by atoms with Crippen LogP contribution in [0, 0.1) is 12.7 Å². The molecule has 0 fully saturated rings. The highest BCUT2D eigenvalue weighted by molar-refractivity contribution is 6.11. The van der Waals surface area contributed by atoms with Crippen LogP contribution >= 0.6 is 0 Å². The number of rotatable bonds is 3. The number of hydrogen-bond acceptors (Lipinski definition) is 3. The van der Waals surface area contributed by atoms with Crippen LogP contribution in [0.5, 0.6) is 0 Å². The van der Waals surface area contributed by atoms with Gasteiger partial charge >= 0.3 is 0 Å². The molecular weight excluding hydrogens is 329 g/mol. The number of pyridine rings is 1. The van der Waals surface area contributed by atoms with Crippen molar-refractivity contribution in [3.05, 3.63) is 89.5 Å². The highest BCUT2D eigenvalue weighted by Gasteiger charge is 2.19. The fraction of sp³-hybridized carbons (Fsp3) is 0.0476. The fourth-order valence-corrected chi connectivity index (χ4v) is 3.09. The summed E-state index contributed by atoms with van der Waals surface area (Å²) in [6, 6.07) is 17.5. The monoisotopic (exact) mass is 345 g/mol. The second kappa shape index (κ2) is 6.11. The van der Waals surface area contributed by atoms with Gasteiger partial charge in [-0.2, -0.15) is 0 Å². The van der Waals surface area contributed by atoms with Crippen molar-refractivity contribution in [3.63, 3.8) is 0 Å². The van der Waals surface area contributed by atoms with Gasteiger partial charge in [0.15, 0.2) is 5.82 Å². The first kappa shape index (κ1) is 16.0. The minimum absolute atomic E-state index is 0.173. The van der Waals surface area contributed by atoms with Crippen molar-refractivity contribution in [2.45, 2.75) is 6.92 Å². The molecule has 4 nitrogen and oxygen atoms in total. The standard InChI is InChI=1S/C21H16FN3O/c1-13-16(8-5-9-17(13)22)15-10-11-18-24-21(23)19(25(18)12-15)20(26)14-6-3-2-4-7-14/h2-12H,23H2,1H3. The first-order valence-electron chi connectivity index (χ1n) is 8.19. The molecule has 26 heavy (non-hydrogen) atoms. The molecule has 0 bridgehead atoms. The van der Waals surface area contributed by atoms with Gasteiger partial charge < -0.3 is 5.73 Å². The smallest absolute Gasteiger partial charge is 0.213 e. The molecule has 2 aromatic carbocycles. The van der Waals surface area contributed by atoms with E-state index in [4.69, 9.17) is 5.73 Å². The van der Waals surface area contributed by atoms with Gasteiger partial charge in [-0.15, -0.1) is 0 Å². The van der Waals surface area contributed by atoms with Gasteiger partial charge in [-0.05, 0) is 41.8 Å². The number of hydrogen-bond donors (Lipinski definition) is 1. The van der Waals surface area contributed by atoms with Crippen LogP contribution in [0.2, 0.25) is 0 Å². The normalized spacial score (nSPS) is 11.0. The van der Waals surface area contributed by atoms with Crippen LogP contribution in [0.25, 0.3) is 16.8 Å². The fourth-order valence-electron chi connectivity index (χ4n) is 3.09. The molecule has 5 heteroatoms. The lowest BCUT2D eigenvalue weighted by molar-refractivity contribution is 0.103. The molecule has 4 aromatic rings. The van der Waals surface area contributed by atoms with Crippen LogP contribution in [-0.4, -0.2) is 15.2 Å². The lowest BCUT2D eigenvalue weighted by atomic mass is 10.0. The summed E-state index contributed by atoms with van der Waals surface area (Å²) >= 11 is 0. The molecule has 2 aromatic heterocycles. The van der Waals surface area contributed by atoms with E-state index in [9.17, 15) is 9.18 Å². The number of ketones is 1. The van der Waals surface area contributed by atoms with E-state index in [1.54, 1.807) is 53.9 Å². The van der Waals surface area contributed by atoms with Crippen molar-refractivity contribution in [1.82, 2.24) is 9.38 Å². The molecule has 0 saturated heterocycles. The summed E-state index contributed by atoms with van der Waals surface area (Å²) in [4.78, 5) is 17.2. The zero-order valence-electron chi connectivity index (χ0n) is 14.1. The summed E-state index contributed by atoms with van der Waals surface area (Å²) in [5.74, 6) is -0.302. The zero-order chi connectivity index (χ0) is 18.3. The third-order valence-electron chi connectivity index (χ3n) is 4.48. The van der Waals surface area contributed by atoms with Crippen LogP contribution in [0.1, 0.15) is 21.6 Å². The Labute approximate surface area is 149 Å². The maximum Gasteiger partial charge on any atom is 0.213 e. The molecule has 2 heterocycles. The third-order valence-corrected chi connectivity index (χ3v) is 4.48. The van der Waals surface area contributed by atoms with Gasteiger partial charge in [0.1, 0.15) is 17.2 Å². The second-order valence-corrected chi connectivity index (χ2v) is 6.10. The quantitative estimate of drug-likeness (QED) is 0.564. The van der Waals surface area contributed by atoms with Gasteiger partial charge in [0, 0.05) is 11.8 Å². The van der Waals surface area contributed by atoms with Crippen LogP contribution in [0.3, 0.4) is 0 Å². The van der Waals surface area contributed by atoms with Crippen molar-refractivity contribution >= 4 is 17.2 Å². The number of fused-ring (bicyclic) bond motifs is 1. The summed E-state index contributed by atoms with van der Waals surface area (Å²) in [6.07, 6.45) is 1.77. The van der Waals surface area contributed by atoms with E-state index in [0.29, 0.717) is 22.5 Å². The van der Waals surface area contributed by atoms with E-state index < -0.39 is 0 Å². The highest BCUT2D eigenvalue weighted by atomic mass is 19.1. The van der Waals surface area contributed by atoms with Crippen molar-refractivity contribution < 1.29 is 9.18 Å². The first-order chi connectivity index (χ1) is 12.6. The average Bonchev–Trinajstić information content (AvgIpc) is 2.99. The van der Waals surface area contributed by atoms with E-state index in [2.05, 4.69) is 4.98 Å². The Morgan fingerprint density at radius 1 is 1.04 bits per heavy atom. The summed E-state index contributed by atoms with van der Waals surface area (Å²) in [6.45, 7) is 1.73. The largest absolute Gasteiger partial charge is 0.382 e. The van der Waals surface area contributed by atoms with Gasteiger partial charge in [-0.25, -0.2) is 9.37 Å². The minimum Gasteiger partial charge on any atom is -0.382 e. The minimum atomic E-state index is -0.270. The predicted molar refractivity (Wildman–Crippen MR) is 99.6 cm³/mol. The lowest BCUT2D eigenvalue weighted by Crippen LogP contribution is -2.08. The van der Waals surface area contributed by atoms with Gasteiger partial charge in [0.2, 0.25) is 5.78 Å². The van der Waals surface area contributed by atoms with Gasteiger partial charge in [-0.3, -0.25) is 9.20 Å². The average molecular weight is 345 g/mol. The van der Waals surface area contributed by atoms with E-state index in [0.717, 1.165) is 11.1 Å². The Balaban J connectivity index is 1.91. The molecule has 0 aliphatic carbocycles. The number of imidazole rings is 1. The highest BCUT2D eigenvalue weighted by Crippen LogP contribution is 2.27. The Bertz CT molecular complexity index is 1130. The first-order valence-corrected chi connectivity index (χ1v) is 8.19. The Hall–Kier alpha value is -3.47. The summed E-state index contributed by atoms with van der Waals surface area (Å²) in [5, 5.41) is 0. The molecular formula is C21H16FN3O. The lowest BCUT2D eigenvalue weighted by Gasteiger charge is -2.09. The number of benzene rings is 2. The molecule has 0 atom stereocenters. The topological polar surface area (TPSA) is 60.4 Å². The molecule has 2 N–H and O–H groups in total. The summed E-state index contributed by atoms with van der Waals surface area (Å²) < 4.78 is 15.6. The van der Waals surface area contributed by atoms with Crippen molar-refractivity contribution in [2.75, 3.05) is 5.73 Å².